The Hall–Kier alpha value is -0.570. The van der Waals surface area contributed by atoms with Crippen LogP contribution in [0.5, 0.6) is 0 Å². The molecule has 2 N–H and O–H groups in total. The summed E-state index contributed by atoms with van der Waals surface area (Å²) < 4.78 is 0. The SMILES string of the molecule is CC1CCCNC1C(=O)NCCC1CCCC1. The van der Waals surface area contributed by atoms with Crippen LogP contribution < -0.4 is 10.6 Å². The van der Waals surface area contributed by atoms with Gasteiger partial charge in [-0.2, -0.15) is 0 Å². The molecule has 0 spiro atoms. The van der Waals surface area contributed by atoms with Crippen molar-refractivity contribution < 1.29 is 4.79 Å². The minimum atomic E-state index is 0.0485. The lowest BCUT2D eigenvalue weighted by Crippen LogP contribution is -2.51. The third-order valence-electron chi connectivity index (χ3n) is 4.38. The summed E-state index contributed by atoms with van der Waals surface area (Å²) in [6.45, 7) is 4.03. The highest BCUT2D eigenvalue weighted by atomic mass is 16.2. The molecule has 2 atom stereocenters. The normalized spacial score (nSPS) is 30.4. The van der Waals surface area contributed by atoms with Crippen molar-refractivity contribution in [2.45, 2.75) is 57.9 Å². The van der Waals surface area contributed by atoms with Gasteiger partial charge < -0.3 is 10.6 Å². The van der Waals surface area contributed by atoms with Crippen LogP contribution in [0.3, 0.4) is 0 Å². The Balaban J connectivity index is 1.65. The van der Waals surface area contributed by atoms with Crippen molar-refractivity contribution in [1.29, 1.82) is 0 Å². The minimum absolute atomic E-state index is 0.0485. The van der Waals surface area contributed by atoms with Crippen molar-refractivity contribution in [2.24, 2.45) is 11.8 Å². The Kier molecular flexibility index (Phi) is 4.84. The first-order valence-electron chi connectivity index (χ1n) is 7.28. The van der Waals surface area contributed by atoms with E-state index in [0.29, 0.717) is 5.92 Å². The Morgan fingerprint density at radius 1 is 1.24 bits per heavy atom. The zero-order valence-corrected chi connectivity index (χ0v) is 11.0. The molecule has 1 aliphatic heterocycles. The highest BCUT2D eigenvalue weighted by Crippen LogP contribution is 2.26. The zero-order valence-electron chi connectivity index (χ0n) is 11.0. The molecule has 0 radical (unpaired) electrons. The summed E-state index contributed by atoms with van der Waals surface area (Å²) in [7, 11) is 0. The van der Waals surface area contributed by atoms with Crippen LogP contribution in [0.15, 0.2) is 0 Å². The standard InChI is InChI=1S/C14H26N2O/c1-11-5-4-9-15-13(11)14(17)16-10-8-12-6-2-3-7-12/h11-13,15H,2-10H2,1H3,(H,16,17). The van der Waals surface area contributed by atoms with Gasteiger partial charge in [-0.3, -0.25) is 4.79 Å². The second-order valence-electron chi connectivity index (χ2n) is 5.78. The van der Waals surface area contributed by atoms with E-state index < -0.39 is 0 Å². The van der Waals surface area contributed by atoms with Gasteiger partial charge in [0.25, 0.3) is 0 Å². The van der Waals surface area contributed by atoms with Gasteiger partial charge in [0.15, 0.2) is 0 Å². The average molecular weight is 238 g/mol. The second-order valence-corrected chi connectivity index (χ2v) is 5.78. The van der Waals surface area contributed by atoms with Gasteiger partial charge in [-0.05, 0) is 37.6 Å². The first-order valence-corrected chi connectivity index (χ1v) is 7.28. The van der Waals surface area contributed by atoms with Crippen LogP contribution >= 0.6 is 0 Å². The van der Waals surface area contributed by atoms with E-state index in [1.165, 1.54) is 44.9 Å². The van der Waals surface area contributed by atoms with Crippen molar-refractivity contribution in [3.63, 3.8) is 0 Å². The van der Waals surface area contributed by atoms with Gasteiger partial charge in [-0.25, -0.2) is 0 Å². The zero-order chi connectivity index (χ0) is 12.1. The Morgan fingerprint density at radius 2 is 2.00 bits per heavy atom. The van der Waals surface area contributed by atoms with Gasteiger partial charge in [0, 0.05) is 6.54 Å². The molecule has 2 rings (SSSR count). The summed E-state index contributed by atoms with van der Waals surface area (Å²) >= 11 is 0. The largest absolute Gasteiger partial charge is 0.355 e. The topological polar surface area (TPSA) is 41.1 Å². The molecule has 0 aromatic heterocycles. The van der Waals surface area contributed by atoms with E-state index in [1.807, 2.05) is 0 Å². The highest BCUT2D eigenvalue weighted by molar-refractivity contribution is 5.82. The number of amides is 1. The van der Waals surface area contributed by atoms with Crippen molar-refractivity contribution in [1.82, 2.24) is 10.6 Å². The summed E-state index contributed by atoms with van der Waals surface area (Å²) in [5, 5.41) is 6.44. The maximum absolute atomic E-state index is 12.0. The first-order chi connectivity index (χ1) is 8.27. The van der Waals surface area contributed by atoms with E-state index in [1.54, 1.807) is 0 Å². The van der Waals surface area contributed by atoms with Crippen LogP contribution in [-0.4, -0.2) is 25.0 Å². The molecule has 1 aliphatic carbocycles. The van der Waals surface area contributed by atoms with E-state index in [9.17, 15) is 4.79 Å². The summed E-state index contributed by atoms with van der Waals surface area (Å²) in [6, 6.07) is 0.0485. The fourth-order valence-electron chi connectivity index (χ4n) is 3.21. The van der Waals surface area contributed by atoms with Gasteiger partial charge in [0.05, 0.1) is 6.04 Å². The molecule has 2 fully saturated rings. The molecule has 2 unspecified atom stereocenters. The van der Waals surface area contributed by atoms with Crippen LogP contribution in [0, 0.1) is 11.8 Å². The molecule has 0 aromatic rings. The number of hydrogen-bond donors (Lipinski definition) is 2. The molecule has 1 saturated heterocycles. The molecule has 1 amide bonds. The number of carbonyl (C=O) groups is 1. The van der Waals surface area contributed by atoms with Gasteiger partial charge in [-0.15, -0.1) is 0 Å². The molecule has 98 valence electrons. The molecule has 0 bridgehead atoms. The molecule has 1 heterocycles. The van der Waals surface area contributed by atoms with Crippen molar-refractivity contribution in [3.8, 4) is 0 Å². The van der Waals surface area contributed by atoms with E-state index in [-0.39, 0.29) is 11.9 Å². The summed E-state index contributed by atoms with van der Waals surface area (Å²) in [5.74, 6) is 1.57. The van der Waals surface area contributed by atoms with E-state index in [0.717, 1.165) is 19.0 Å². The van der Waals surface area contributed by atoms with E-state index in [2.05, 4.69) is 17.6 Å². The summed E-state index contributed by atoms with van der Waals surface area (Å²) in [5.41, 5.74) is 0. The van der Waals surface area contributed by atoms with Gasteiger partial charge in [0.1, 0.15) is 0 Å². The molecular weight excluding hydrogens is 212 g/mol. The molecule has 17 heavy (non-hydrogen) atoms. The van der Waals surface area contributed by atoms with Crippen molar-refractivity contribution in [2.75, 3.05) is 13.1 Å². The minimum Gasteiger partial charge on any atom is -0.355 e. The predicted molar refractivity (Wildman–Crippen MR) is 69.8 cm³/mol. The lowest BCUT2D eigenvalue weighted by atomic mass is 9.92. The number of rotatable bonds is 4. The van der Waals surface area contributed by atoms with Crippen LogP contribution in [0.2, 0.25) is 0 Å². The van der Waals surface area contributed by atoms with E-state index in [4.69, 9.17) is 0 Å². The number of carbonyl (C=O) groups excluding carboxylic acids is 1. The fraction of sp³-hybridized carbons (Fsp3) is 0.929. The average Bonchev–Trinajstić information content (AvgIpc) is 2.82. The first kappa shape index (κ1) is 12.9. The van der Waals surface area contributed by atoms with Crippen molar-refractivity contribution >= 4 is 5.91 Å². The number of hydrogen-bond acceptors (Lipinski definition) is 2. The Morgan fingerprint density at radius 3 is 2.71 bits per heavy atom. The monoisotopic (exact) mass is 238 g/mol. The van der Waals surface area contributed by atoms with E-state index >= 15 is 0 Å². The predicted octanol–water partition coefficient (Wildman–Crippen LogP) is 2.07. The smallest absolute Gasteiger partial charge is 0.237 e. The molecule has 3 nitrogen and oxygen atoms in total. The Bertz CT molecular complexity index is 249. The highest BCUT2D eigenvalue weighted by Gasteiger charge is 2.27. The molecular formula is C14H26N2O. The lowest BCUT2D eigenvalue weighted by molar-refractivity contribution is -0.124. The molecule has 0 aromatic carbocycles. The van der Waals surface area contributed by atoms with Crippen LogP contribution in [0.25, 0.3) is 0 Å². The molecule has 1 saturated carbocycles. The van der Waals surface area contributed by atoms with Crippen LogP contribution in [-0.2, 0) is 4.79 Å². The molecule has 3 heteroatoms. The quantitative estimate of drug-likeness (QED) is 0.787. The summed E-state index contributed by atoms with van der Waals surface area (Å²) in [4.78, 5) is 12.0. The van der Waals surface area contributed by atoms with Gasteiger partial charge >= 0.3 is 0 Å². The number of piperidine rings is 1. The Labute approximate surface area is 105 Å². The summed E-state index contributed by atoms with van der Waals surface area (Å²) in [6.07, 6.45) is 9.06. The lowest BCUT2D eigenvalue weighted by Gasteiger charge is -2.29. The van der Waals surface area contributed by atoms with Crippen LogP contribution in [0.4, 0.5) is 0 Å². The third kappa shape index (κ3) is 3.70. The maximum atomic E-state index is 12.0. The van der Waals surface area contributed by atoms with Gasteiger partial charge in [0.2, 0.25) is 5.91 Å². The van der Waals surface area contributed by atoms with Gasteiger partial charge in [-0.1, -0.05) is 32.6 Å². The van der Waals surface area contributed by atoms with Crippen LogP contribution in [0.1, 0.15) is 51.9 Å². The molecule has 2 aliphatic rings. The fourth-order valence-corrected chi connectivity index (χ4v) is 3.21. The van der Waals surface area contributed by atoms with Crippen molar-refractivity contribution in [3.05, 3.63) is 0 Å². The third-order valence-corrected chi connectivity index (χ3v) is 4.38. The second kappa shape index (κ2) is 6.39. The number of nitrogens with one attached hydrogen (secondary N) is 2. The maximum Gasteiger partial charge on any atom is 0.237 e.